The Kier molecular flexibility index (Phi) is 4.55. The topological polar surface area (TPSA) is 66.6 Å². The molecule has 0 aliphatic carbocycles. The lowest BCUT2D eigenvalue weighted by Gasteiger charge is -2.40. The zero-order chi connectivity index (χ0) is 14.8. The Labute approximate surface area is 128 Å². The van der Waals surface area contributed by atoms with Crippen LogP contribution in [0.15, 0.2) is 24.3 Å². The van der Waals surface area contributed by atoms with E-state index in [9.17, 15) is 9.90 Å². The molecule has 1 fully saturated rings. The molecular formula is C14H18N2O2S2. The number of likely N-dealkylation sites (tertiary alicyclic amines) is 1. The average molecular weight is 310 g/mol. The zero-order valence-corrected chi connectivity index (χ0v) is 13.0. The average Bonchev–Trinajstić information content (AvgIpc) is 2.46. The van der Waals surface area contributed by atoms with Crippen molar-refractivity contribution < 1.29 is 9.90 Å². The fourth-order valence-electron chi connectivity index (χ4n) is 2.44. The Morgan fingerprint density at radius 3 is 2.60 bits per heavy atom. The van der Waals surface area contributed by atoms with E-state index in [0.717, 1.165) is 12.8 Å². The molecule has 0 atom stereocenters. The summed E-state index contributed by atoms with van der Waals surface area (Å²) in [4.78, 5) is 14.7. The molecule has 4 nitrogen and oxygen atoms in total. The summed E-state index contributed by atoms with van der Waals surface area (Å²) in [7, 11) is 0. The summed E-state index contributed by atoms with van der Waals surface area (Å²) < 4.78 is -0.190. The van der Waals surface area contributed by atoms with Gasteiger partial charge in [-0.1, -0.05) is 18.3 Å². The van der Waals surface area contributed by atoms with Gasteiger partial charge in [-0.25, -0.2) is 0 Å². The molecule has 3 N–H and O–H groups in total. The molecule has 0 aromatic heterocycles. The molecule has 0 radical (unpaired) electrons. The third-order valence-electron chi connectivity index (χ3n) is 3.79. The lowest BCUT2D eigenvalue weighted by atomic mass is 9.95. The molecule has 0 bridgehead atoms. The first-order chi connectivity index (χ1) is 9.48. The Morgan fingerprint density at radius 2 is 2.10 bits per heavy atom. The highest BCUT2D eigenvalue weighted by Gasteiger charge is 2.37. The summed E-state index contributed by atoms with van der Waals surface area (Å²) in [5.74, 6) is 0.0491. The van der Waals surface area contributed by atoms with Crippen molar-refractivity contribution in [3.63, 3.8) is 0 Å². The lowest BCUT2D eigenvalue weighted by Crippen LogP contribution is -2.50. The SMILES string of the molecule is CSC1(C(N)=S)CCN(C(=O)c2cccc(O)c2)CC1. The Balaban J connectivity index is 2.07. The van der Waals surface area contributed by atoms with Crippen molar-refractivity contribution in [2.75, 3.05) is 19.3 Å². The summed E-state index contributed by atoms with van der Waals surface area (Å²) in [6.07, 6.45) is 3.55. The van der Waals surface area contributed by atoms with Crippen molar-refractivity contribution in [1.82, 2.24) is 4.90 Å². The standard InChI is InChI=1S/C14H18N2O2S2/c1-20-14(13(15)19)5-7-16(8-6-14)12(18)10-3-2-4-11(17)9-10/h2-4,9,17H,5-8H2,1H3,(H2,15,19). The van der Waals surface area contributed by atoms with Crippen LogP contribution in [0.1, 0.15) is 23.2 Å². The normalized spacial score (nSPS) is 17.8. The van der Waals surface area contributed by atoms with Gasteiger partial charge in [0.15, 0.2) is 0 Å². The van der Waals surface area contributed by atoms with E-state index in [2.05, 4.69) is 0 Å². The molecule has 1 aliphatic heterocycles. The second-order valence-corrected chi connectivity index (χ2v) is 6.53. The number of rotatable bonds is 3. The van der Waals surface area contributed by atoms with Crippen molar-refractivity contribution in [1.29, 1.82) is 0 Å². The molecule has 108 valence electrons. The van der Waals surface area contributed by atoms with Gasteiger partial charge in [0, 0.05) is 18.7 Å². The molecule has 1 aromatic rings. The van der Waals surface area contributed by atoms with Crippen molar-refractivity contribution in [2.45, 2.75) is 17.6 Å². The first kappa shape index (κ1) is 15.1. The summed E-state index contributed by atoms with van der Waals surface area (Å²) in [5.41, 5.74) is 6.35. The van der Waals surface area contributed by atoms with Crippen LogP contribution < -0.4 is 5.73 Å². The number of nitrogens with zero attached hydrogens (tertiary/aromatic N) is 1. The van der Waals surface area contributed by atoms with Crippen molar-refractivity contribution >= 4 is 34.9 Å². The first-order valence-electron chi connectivity index (χ1n) is 6.42. The van der Waals surface area contributed by atoms with Crippen LogP contribution in [0.25, 0.3) is 0 Å². The van der Waals surface area contributed by atoms with Gasteiger partial charge >= 0.3 is 0 Å². The molecule has 6 heteroatoms. The third kappa shape index (κ3) is 2.91. The van der Waals surface area contributed by atoms with Gasteiger partial charge in [0.1, 0.15) is 5.75 Å². The second-order valence-electron chi connectivity index (χ2n) is 4.91. The fourth-order valence-corrected chi connectivity index (χ4v) is 3.69. The van der Waals surface area contributed by atoms with Gasteiger partial charge in [0.2, 0.25) is 0 Å². The summed E-state index contributed by atoms with van der Waals surface area (Å²) >= 11 is 6.83. The molecule has 1 heterocycles. The minimum absolute atomic E-state index is 0.0569. The number of phenolic OH excluding ortho intramolecular Hbond substituents is 1. The van der Waals surface area contributed by atoms with Crippen LogP contribution >= 0.6 is 24.0 Å². The molecule has 1 aliphatic rings. The molecule has 0 spiro atoms. The summed E-state index contributed by atoms with van der Waals surface area (Å²) in [5, 5.41) is 9.45. The highest BCUT2D eigenvalue weighted by Crippen LogP contribution is 2.35. The van der Waals surface area contributed by atoms with E-state index in [-0.39, 0.29) is 16.4 Å². The summed E-state index contributed by atoms with van der Waals surface area (Å²) in [6.45, 7) is 1.26. The lowest BCUT2D eigenvalue weighted by molar-refractivity contribution is 0.0718. The quantitative estimate of drug-likeness (QED) is 0.836. The van der Waals surface area contributed by atoms with Crippen LogP contribution in [0.2, 0.25) is 0 Å². The number of piperidine rings is 1. The van der Waals surface area contributed by atoms with Gasteiger partial charge in [0.25, 0.3) is 5.91 Å². The van der Waals surface area contributed by atoms with E-state index in [1.165, 1.54) is 6.07 Å². The molecule has 1 amide bonds. The molecular weight excluding hydrogens is 292 g/mol. The number of thioether (sulfide) groups is 1. The molecule has 0 unspecified atom stereocenters. The van der Waals surface area contributed by atoms with Crippen LogP contribution in [0, 0.1) is 0 Å². The number of hydrogen-bond donors (Lipinski definition) is 2. The van der Waals surface area contributed by atoms with E-state index in [0.29, 0.717) is 23.6 Å². The maximum Gasteiger partial charge on any atom is 0.253 e. The minimum atomic E-state index is -0.190. The van der Waals surface area contributed by atoms with Crippen LogP contribution in [-0.2, 0) is 0 Å². The third-order valence-corrected chi connectivity index (χ3v) is 5.72. The largest absolute Gasteiger partial charge is 0.508 e. The van der Waals surface area contributed by atoms with E-state index in [1.807, 2.05) is 6.26 Å². The highest BCUT2D eigenvalue weighted by atomic mass is 32.2. The fraction of sp³-hybridized carbons (Fsp3) is 0.429. The van der Waals surface area contributed by atoms with Crippen molar-refractivity contribution in [3.05, 3.63) is 29.8 Å². The molecule has 1 saturated heterocycles. The van der Waals surface area contributed by atoms with E-state index in [4.69, 9.17) is 18.0 Å². The molecule has 2 rings (SSSR count). The number of carbonyl (C=O) groups is 1. The van der Waals surface area contributed by atoms with Gasteiger partial charge in [-0.05, 0) is 37.3 Å². The van der Waals surface area contributed by atoms with Gasteiger partial charge in [-0.2, -0.15) is 11.8 Å². The molecule has 20 heavy (non-hydrogen) atoms. The maximum atomic E-state index is 12.4. The van der Waals surface area contributed by atoms with Gasteiger partial charge in [-0.3, -0.25) is 4.79 Å². The van der Waals surface area contributed by atoms with Crippen molar-refractivity contribution in [3.8, 4) is 5.75 Å². The second kappa shape index (κ2) is 6.01. The number of carbonyl (C=O) groups excluding carboxylic acids is 1. The van der Waals surface area contributed by atoms with E-state index in [1.54, 1.807) is 34.9 Å². The number of nitrogens with two attached hydrogens (primary N) is 1. The first-order valence-corrected chi connectivity index (χ1v) is 8.05. The Bertz CT molecular complexity index is 526. The zero-order valence-electron chi connectivity index (χ0n) is 11.3. The summed E-state index contributed by atoms with van der Waals surface area (Å²) in [6, 6.07) is 6.44. The van der Waals surface area contributed by atoms with Gasteiger partial charge in [-0.15, -0.1) is 0 Å². The van der Waals surface area contributed by atoms with Crippen LogP contribution in [-0.4, -0.2) is 45.0 Å². The van der Waals surface area contributed by atoms with E-state index < -0.39 is 0 Å². The van der Waals surface area contributed by atoms with E-state index >= 15 is 0 Å². The predicted octanol–water partition coefficient (Wildman–Crippen LogP) is 2.02. The van der Waals surface area contributed by atoms with Crippen LogP contribution in [0.4, 0.5) is 0 Å². The number of aromatic hydroxyl groups is 1. The predicted molar refractivity (Wildman–Crippen MR) is 86.3 cm³/mol. The number of benzene rings is 1. The van der Waals surface area contributed by atoms with Crippen LogP contribution in [0.5, 0.6) is 5.75 Å². The number of phenols is 1. The molecule has 1 aromatic carbocycles. The van der Waals surface area contributed by atoms with Crippen LogP contribution in [0.3, 0.4) is 0 Å². The van der Waals surface area contributed by atoms with Gasteiger partial charge < -0.3 is 15.7 Å². The number of amides is 1. The number of thiocarbonyl (C=S) groups is 1. The monoisotopic (exact) mass is 310 g/mol. The maximum absolute atomic E-state index is 12.4. The van der Waals surface area contributed by atoms with Gasteiger partial charge in [0.05, 0.1) is 9.74 Å². The smallest absolute Gasteiger partial charge is 0.253 e. The Hall–Kier alpha value is -1.27. The van der Waals surface area contributed by atoms with Crippen molar-refractivity contribution in [2.24, 2.45) is 5.73 Å². The minimum Gasteiger partial charge on any atom is -0.508 e. The molecule has 0 saturated carbocycles. The highest BCUT2D eigenvalue weighted by molar-refractivity contribution is 8.02. The number of hydrogen-bond acceptors (Lipinski definition) is 4. The Morgan fingerprint density at radius 1 is 1.45 bits per heavy atom.